The summed E-state index contributed by atoms with van der Waals surface area (Å²) in [7, 11) is 0. The highest BCUT2D eigenvalue weighted by atomic mass is 16.3. The number of allylic oxidation sites excluding steroid dienone is 4. The van der Waals surface area contributed by atoms with Crippen LogP contribution in [0.4, 0.5) is 0 Å². The molecule has 0 radical (unpaired) electrons. The maximum atomic E-state index is 10.3. The second kappa shape index (κ2) is 5.67. The smallest absolute Gasteiger partial charge is 0.0599 e. The second-order valence-corrected chi connectivity index (χ2v) is 5.78. The van der Waals surface area contributed by atoms with Crippen LogP contribution < -0.4 is 0 Å². The Bertz CT molecular complexity index is 284. The maximum Gasteiger partial charge on any atom is 0.0599 e. The molecule has 1 nitrogen and oxygen atoms in total. The van der Waals surface area contributed by atoms with Crippen molar-refractivity contribution in [1.29, 1.82) is 0 Å². The largest absolute Gasteiger partial charge is 0.393 e. The topological polar surface area (TPSA) is 20.2 Å². The summed E-state index contributed by atoms with van der Waals surface area (Å²) in [5, 5.41) is 10.3. The lowest BCUT2D eigenvalue weighted by Gasteiger charge is -2.36. The molecule has 0 aromatic rings. The molecule has 1 aliphatic carbocycles. The van der Waals surface area contributed by atoms with E-state index in [0.29, 0.717) is 0 Å². The molecule has 1 heteroatoms. The first-order valence-electron chi connectivity index (χ1n) is 6.41. The van der Waals surface area contributed by atoms with Crippen LogP contribution in [0.2, 0.25) is 0 Å². The van der Waals surface area contributed by atoms with E-state index in [1.54, 1.807) is 0 Å². The fourth-order valence-electron chi connectivity index (χ4n) is 2.28. The molecule has 1 rings (SSSR count). The monoisotopic (exact) mass is 222 g/mol. The molecule has 1 aliphatic rings. The predicted molar refractivity (Wildman–Crippen MR) is 70.4 cm³/mol. The lowest BCUT2D eigenvalue weighted by molar-refractivity contribution is 0.0238. The first-order chi connectivity index (χ1) is 7.44. The van der Waals surface area contributed by atoms with Crippen LogP contribution in [0.25, 0.3) is 0 Å². The van der Waals surface area contributed by atoms with E-state index in [0.717, 1.165) is 32.1 Å². The fourth-order valence-corrected chi connectivity index (χ4v) is 2.28. The molecule has 0 spiro atoms. The Morgan fingerprint density at radius 3 is 2.75 bits per heavy atom. The van der Waals surface area contributed by atoms with Gasteiger partial charge in [-0.25, -0.2) is 0 Å². The van der Waals surface area contributed by atoms with Crippen molar-refractivity contribution in [2.24, 2.45) is 5.41 Å². The molecular formula is C15H26O. The van der Waals surface area contributed by atoms with Crippen LogP contribution in [0, 0.1) is 5.41 Å². The van der Waals surface area contributed by atoms with E-state index < -0.39 is 0 Å². The maximum absolute atomic E-state index is 10.3. The molecule has 0 heterocycles. The van der Waals surface area contributed by atoms with Gasteiger partial charge in [0.2, 0.25) is 0 Å². The summed E-state index contributed by atoms with van der Waals surface area (Å²) in [6.07, 6.45) is 9.57. The summed E-state index contributed by atoms with van der Waals surface area (Å²) in [5.74, 6) is 0. The first kappa shape index (κ1) is 13.5. The number of hydrogen-bond donors (Lipinski definition) is 1. The molecule has 0 saturated heterocycles. The number of aliphatic hydroxyl groups is 1. The lowest BCUT2D eigenvalue weighted by Crippen LogP contribution is -2.33. The molecule has 0 amide bonds. The molecule has 92 valence electrons. The van der Waals surface area contributed by atoms with Crippen LogP contribution in [0.1, 0.15) is 59.8 Å². The SMILES string of the molecule is CC(C)=CCC[C@@H](O)C1(C)CC=C(C)CC1. The molecule has 0 aromatic carbocycles. The highest BCUT2D eigenvalue weighted by Gasteiger charge is 2.32. The van der Waals surface area contributed by atoms with Crippen molar-refractivity contribution in [3.8, 4) is 0 Å². The molecule has 1 unspecified atom stereocenters. The molecule has 0 aromatic heterocycles. The second-order valence-electron chi connectivity index (χ2n) is 5.78. The average molecular weight is 222 g/mol. The molecular weight excluding hydrogens is 196 g/mol. The Morgan fingerprint density at radius 2 is 2.25 bits per heavy atom. The van der Waals surface area contributed by atoms with E-state index in [4.69, 9.17) is 0 Å². The van der Waals surface area contributed by atoms with Crippen LogP contribution >= 0.6 is 0 Å². The minimum Gasteiger partial charge on any atom is -0.393 e. The van der Waals surface area contributed by atoms with Crippen LogP contribution in [0.3, 0.4) is 0 Å². The van der Waals surface area contributed by atoms with Crippen molar-refractivity contribution in [3.05, 3.63) is 23.3 Å². The van der Waals surface area contributed by atoms with Gasteiger partial charge in [-0.3, -0.25) is 0 Å². The third-order valence-electron chi connectivity index (χ3n) is 3.80. The van der Waals surface area contributed by atoms with Gasteiger partial charge in [-0.15, -0.1) is 0 Å². The Morgan fingerprint density at radius 1 is 1.56 bits per heavy atom. The number of hydrogen-bond acceptors (Lipinski definition) is 1. The molecule has 0 aliphatic heterocycles. The van der Waals surface area contributed by atoms with Gasteiger partial charge in [-0.1, -0.05) is 30.2 Å². The van der Waals surface area contributed by atoms with Gasteiger partial charge in [0.1, 0.15) is 0 Å². The summed E-state index contributed by atoms with van der Waals surface area (Å²) in [4.78, 5) is 0. The quantitative estimate of drug-likeness (QED) is 0.706. The molecule has 16 heavy (non-hydrogen) atoms. The Labute approximate surface area is 100 Å². The summed E-state index contributed by atoms with van der Waals surface area (Å²) >= 11 is 0. The normalized spacial score (nSPS) is 27.2. The zero-order chi connectivity index (χ0) is 12.2. The molecule has 0 saturated carbocycles. The standard InChI is InChI=1S/C15H26O/c1-12(2)6-5-7-14(16)15(4)10-8-13(3)9-11-15/h6,8,14,16H,5,7,9-11H2,1-4H3/t14-,15?/m1/s1. The van der Waals surface area contributed by atoms with Gasteiger partial charge in [-0.2, -0.15) is 0 Å². The predicted octanol–water partition coefficient (Wildman–Crippen LogP) is 4.23. The molecule has 0 fully saturated rings. The summed E-state index contributed by atoms with van der Waals surface area (Å²) < 4.78 is 0. The van der Waals surface area contributed by atoms with E-state index >= 15 is 0 Å². The fraction of sp³-hybridized carbons (Fsp3) is 0.733. The minimum atomic E-state index is -0.160. The van der Waals surface area contributed by atoms with Crippen molar-refractivity contribution in [1.82, 2.24) is 0 Å². The van der Waals surface area contributed by atoms with Gasteiger partial charge in [0, 0.05) is 0 Å². The van der Waals surface area contributed by atoms with E-state index in [1.807, 2.05) is 0 Å². The summed E-state index contributed by atoms with van der Waals surface area (Å²) in [5.41, 5.74) is 2.93. The number of rotatable bonds is 4. The van der Waals surface area contributed by atoms with Crippen molar-refractivity contribution >= 4 is 0 Å². The van der Waals surface area contributed by atoms with E-state index in [2.05, 4.69) is 39.8 Å². The summed E-state index contributed by atoms with van der Waals surface area (Å²) in [6, 6.07) is 0. The Kier molecular flexibility index (Phi) is 4.79. The van der Waals surface area contributed by atoms with Gasteiger partial charge in [0.25, 0.3) is 0 Å². The van der Waals surface area contributed by atoms with E-state index in [-0.39, 0.29) is 11.5 Å². The molecule has 0 bridgehead atoms. The molecule has 2 atom stereocenters. The molecule has 1 N–H and O–H groups in total. The third-order valence-corrected chi connectivity index (χ3v) is 3.80. The highest BCUT2D eigenvalue weighted by Crippen LogP contribution is 2.39. The zero-order valence-corrected chi connectivity index (χ0v) is 11.2. The van der Waals surface area contributed by atoms with Crippen LogP contribution in [0.15, 0.2) is 23.3 Å². The lowest BCUT2D eigenvalue weighted by atomic mass is 9.71. The first-order valence-corrected chi connectivity index (χ1v) is 6.41. The minimum absolute atomic E-state index is 0.106. The van der Waals surface area contributed by atoms with Gasteiger partial charge in [-0.05, 0) is 58.3 Å². The van der Waals surface area contributed by atoms with Gasteiger partial charge in [0.15, 0.2) is 0 Å². The highest BCUT2D eigenvalue weighted by molar-refractivity contribution is 5.08. The average Bonchev–Trinajstić information content (AvgIpc) is 2.22. The van der Waals surface area contributed by atoms with E-state index in [9.17, 15) is 5.11 Å². The third kappa shape index (κ3) is 3.79. The number of aliphatic hydroxyl groups excluding tert-OH is 1. The van der Waals surface area contributed by atoms with Crippen molar-refractivity contribution in [2.45, 2.75) is 65.9 Å². The van der Waals surface area contributed by atoms with Crippen LogP contribution in [-0.4, -0.2) is 11.2 Å². The van der Waals surface area contributed by atoms with Crippen LogP contribution in [-0.2, 0) is 0 Å². The Balaban J connectivity index is 2.47. The summed E-state index contributed by atoms with van der Waals surface area (Å²) in [6.45, 7) is 8.64. The van der Waals surface area contributed by atoms with Crippen molar-refractivity contribution in [2.75, 3.05) is 0 Å². The van der Waals surface area contributed by atoms with Crippen molar-refractivity contribution in [3.63, 3.8) is 0 Å². The van der Waals surface area contributed by atoms with Gasteiger partial charge < -0.3 is 5.11 Å². The van der Waals surface area contributed by atoms with Gasteiger partial charge in [0.05, 0.1) is 6.10 Å². The zero-order valence-electron chi connectivity index (χ0n) is 11.2. The van der Waals surface area contributed by atoms with Crippen molar-refractivity contribution < 1.29 is 5.11 Å². The van der Waals surface area contributed by atoms with E-state index in [1.165, 1.54) is 11.1 Å². The Hall–Kier alpha value is -0.560. The van der Waals surface area contributed by atoms with Crippen LogP contribution in [0.5, 0.6) is 0 Å². The van der Waals surface area contributed by atoms with Gasteiger partial charge >= 0.3 is 0 Å².